The van der Waals surface area contributed by atoms with Crippen molar-refractivity contribution in [2.24, 2.45) is 5.41 Å². The first-order chi connectivity index (χ1) is 7.10. The van der Waals surface area contributed by atoms with E-state index in [-0.39, 0.29) is 5.97 Å². The molecule has 2 heteroatoms. The Morgan fingerprint density at radius 2 is 2.00 bits per heavy atom. The van der Waals surface area contributed by atoms with E-state index in [1.807, 2.05) is 13.8 Å². The van der Waals surface area contributed by atoms with Crippen LogP contribution < -0.4 is 0 Å². The van der Waals surface area contributed by atoms with Crippen LogP contribution in [0.4, 0.5) is 0 Å². The molecular formula is C13H24O2. The molecule has 88 valence electrons. The summed E-state index contributed by atoms with van der Waals surface area (Å²) >= 11 is 0. The predicted molar refractivity (Wildman–Crippen MR) is 63.7 cm³/mol. The molecule has 0 heterocycles. The summed E-state index contributed by atoms with van der Waals surface area (Å²) in [6.07, 6.45) is 7.25. The van der Waals surface area contributed by atoms with Gasteiger partial charge in [-0.3, -0.25) is 4.79 Å². The molecule has 0 N–H and O–H groups in total. The molecule has 0 aliphatic heterocycles. The Morgan fingerprint density at radius 1 is 1.33 bits per heavy atom. The van der Waals surface area contributed by atoms with Gasteiger partial charge in [0.05, 0.1) is 12.0 Å². The van der Waals surface area contributed by atoms with Crippen LogP contribution in [0.1, 0.15) is 52.9 Å². The summed E-state index contributed by atoms with van der Waals surface area (Å²) in [5.41, 5.74) is -0.496. The highest BCUT2D eigenvalue weighted by Crippen LogP contribution is 2.27. The zero-order valence-corrected chi connectivity index (χ0v) is 10.3. The molecule has 0 aliphatic carbocycles. The van der Waals surface area contributed by atoms with E-state index in [9.17, 15) is 4.79 Å². The van der Waals surface area contributed by atoms with Crippen LogP contribution in [0.15, 0.2) is 12.7 Å². The maximum absolute atomic E-state index is 11.7. The molecule has 0 bridgehead atoms. The van der Waals surface area contributed by atoms with Crippen molar-refractivity contribution < 1.29 is 9.53 Å². The van der Waals surface area contributed by atoms with Crippen molar-refractivity contribution in [1.82, 2.24) is 0 Å². The maximum atomic E-state index is 11.7. The minimum Gasteiger partial charge on any atom is -0.465 e. The van der Waals surface area contributed by atoms with Gasteiger partial charge in [-0.25, -0.2) is 0 Å². The van der Waals surface area contributed by atoms with Crippen LogP contribution in [-0.4, -0.2) is 12.6 Å². The molecule has 0 aromatic rings. The lowest BCUT2D eigenvalue weighted by atomic mass is 9.85. The van der Waals surface area contributed by atoms with E-state index in [1.165, 1.54) is 19.3 Å². The molecule has 0 aliphatic rings. The normalized spacial score (nSPS) is 14.3. The lowest BCUT2D eigenvalue weighted by Gasteiger charge is -2.23. The standard InChI is InChI=1S/C13H24O2/c1-5-8-9-10-11-13(4,6-2)12(14)15-7-3/h6H,2,5,7-11H2,1,3-4H3. The summed E-state index contributed by atoms with van der Waals surface area (Å²) in [4.78, 5) is 11.7. The summed E-state index contributed by atoms with van der Waals surface area (Å²) in [5, 5.41) is 0. The van der Waals surface area contributed by atoms with Crippen molar-refractivity contribution in [3.05, 3.63) is 12.7 Å². The van der Waals surface area contributed by atoms with Crippen molar-refractivity contribution in [3.63, 3.8) is 0 Å². The molecule has 0 rings (SSSR count). The lowest BCUT2D eigenvalue weighted by molar-refractivity contribution is -0.151. The van der Waals surface area contributed by atoms with Gasteiger partial charge in [-0.2, -0.15) is 0 Å². The first-order valence-electron chi connectivity index (χ1n) is 5.91. The van der Waals surface area contributed by atoms with Gasteiger partial charge in [-0.15, -0.1) is 6.58 Å². The molecule has 0 fully saturated rings. The predicted octanol–water partition coefficient (Wildman–Crippen LogP) is 3.71. The molecule has 0 amide bonds. The topological polar surface area (TPSA) is 26.3 Å². The van der Waals surface area contributed by atoms with Crippen LogP contribution in [-0.2, 0) is 9.53 Å². The lowest BCUT2D eigenvalue weighted by Crippen LogP contribution is -2.27. The number of hydrogen-bond acceptors (Lipinski definition) is 2. The van der Waals surface area contributed by atoms with Crippen LogP contribution in [0.5, 0.6) is 0 Å². The van der Waals surface area contributed by atoms with Gasteiger partial charge in [0.2, 0.25) is 0 Å². The molecule has 2 nitrogen and oxygen atoms in total. The molecule has 0 saturated carbocycles. The van der Waals surface area contributed by atoms with Gasteiger partial charge in [-0.05, 0) is 20.3 Å². The molecule has 0 saturated heterocycles. The third-order valence-electron chi connectivity index (χ3n) is 2.74. The van der Waals surface area contributed by atoms with Gasteiger partial charge in [0.15, 0.2) is 0 Å². The van der Waals surface area contributed by atoms with E-state index in [1.54, 1.807) is 6.08 Å². The summed E-state index contributed by atoms with van der Waals surface area (Å²) < 4.78 is 5.04. The number of carbonyl (C=O) groups is 1. The molecule has 15 heavy (non-hydrogen) atoms. The Labute approximate surface area is 93.7 Å². The van der Waals surface area contributed by atoms with Crippen molar-refractivity contribution in [1.29, 1.82) is 0 Å². The van der Waals surface area contributed by atoms with Crippen molar-refractivity contribution >= 4 is 5.97 Å². The van der Waals surface area contributed by atoms with Gasteiger partial charge in [-0.1, -0.05) is 38.7 Å². The van der Waals surface area contributed by atoms with Gasteiger partial charge in [0.25, 0.3) is 0 Å². The highest BCUT2D eigenvalue weighted by molar-refractivity contribution is 5.78. The Balaban J connectivity index is 4.06. The summed E-state index contributed by atoms with van der Waals surface area (Å²) in [7, 11) is 0. The number of hydrogen-bond donors (Lipinski definition) is 0. The van der Waals surface area contributed by atoms with E-state index < -0.39 is 5.41 Å². The van der Waals surface area contributed by atoms with E-state index in [2.05, 4.69) is 13.5 Å². The summed E-state index contributed by atoms with van der Waals surface area (Å²) in [5.74, 6) is -0.142. The second-order valence-corrected chi connectivity index (χ2v) is 4.15. The second kappa shape index (κ2) is 7.49. The molecule has 0 spiro atoms. The van der Waals surface area contributed by atoms with Crippen molar-refractivity contribution in [2.75, 3.05) is 6.61 Å². The minimum atomic E-state index is -0.496. The molecule has 0 aromatic heterocycles. The Bertz CT molecular complexity index is 199. The van der Waals surface area contributed by atoms with Crippen LogP contribution in [0.25, 0.3) is 0 Å². The summed E-state index contributed by atoms with van der Waals surface area (Å²) in [6.45, 7) is 10.1. The number of esters is 1. The average molecular weight is 212 g/mol. The Hall–Kier alpha value is -0.790. The van der Waals surface area contributed by atoms with Crippen LogP contribution in [0.2, 0.25) is 0 Å². The third-order valence-corrected chi connectivity index (χ3v) is 2.74. The largest absolute Gasteiger partial charge is 0.465 e. The van der Waals surface area contributed by atoms with Gasteiger partial charge in [0, 0.05) is 0 Å². The van der Waals surface area contributed by atoms with Gasteiger partial charge >= 0.3 is 5.97 Å². The summed E-state index contributed by atoms with van der Waals surface area (Å²) in [6, 6.07) is 0. The van der Waals surface area contributed by atoms with E-state index in [4.69, 9.17) is 4.74 Å². The molecule has 1 unspecified atom stereocenters. The van der Waals surface area contributed by atoms with Crippen molar-refractivity contribution in [2.45, 2.75) is 52.9 Å². The number of rotatable bonds is 8. The molecular weight excluding hydrogens is 188 g/mol. The highest BCUT2D eigenvalue weighted by atomic mass is 16.5. The Kier molecular flexibility index (Phi) is 7.10. The van der Waals surface area contributed by atoms with E-state index in [0.717, 1.165) is 12.8 Å². The fraction of sp³-hybridized carbons (Fsp3) is 0.769. The first kappa shape index (κ1) is 14.2. The molecule has 1 atom stereocenters. The number of unbranched alkanes of at least 4 members (excludes halogenated alkanes) is 3. The maximum Gasteiger partial charge on any atom is 0.315 e. The monoisotopic (exact) mass is 212 g/mol. The fourth-order valence-electron chi connectivity index (χ4n) is 1.50. The van der Waals surface area contributed by atoms with Crippen LogP contribution >= 0.6 is 0 Å². The highest BCUT2D eigenvalue weighted by Gasteiger charge is 2.30. The number of carbonyl (C=O) groups excluding carboxylic acids is 1. The van der Waals surface area contributed by atoms with Crippen LogP contribution in [0.3, 0.4) is 0 Å². The SMILES string of the molecule is C=CC(C)(CCCCCC)C(=O)OCC. The van der Waals surface area contributed by atoms with Crippen LogP contribution in [0, 0.1) is 5.41 Å². The third kappa shape index (κ3) is 5.01. The Morgan fingerprint density at radius 3 is 2.47 bits per heavy atom. The molecule has 0 radical (unpaired) electrons. The average Bonchev–Trinajstić information content (AvgIpc) is 2.24. The van der Waals surface area contributed by atoms with Gasteiger partial charge < -0.3 is 4.74 Å². The second-order valence-electron chi connectivity index (χ2n) is 4.15. The molecule has 0 aromatic carbocycles. The quantitative estimate of drug-likeness (QED) is 0.348. The number of ether oxygens (including phenoxy) is 1. The van der Waals surface area contributed by atoms with E-state index in [0.29, 0.717) is 6.61 Å². The fourth-order valence-corrected chi connectivity index (χ4v) is 1.50. The van der Waals surface area contributed by atoms with Gasteiger partial charge in [0.1, 0.15) is 0 Å². The zero-order chi connectivity index (χ0) is 11.7. The first-order valence-corrected chi connectivity index (χ1v) is 5.91. The smallest absolute Gasteiger partial charge is 0.315 e. The van der Waals surface area contributed by atoms with E-state index >= 15 is 0 Å². The zero-order valence-electron chi connectivity index (χ0n) is 10.3. The minimum absolute atomic E-state index is 0.142. The van der Waals surface area contributed by atoms with Crippen molar-refractivity contribution in [3.8, 4) is 0 Å².